The van der Waals surface area contributed by atoms with Gasteiger partial charge in [0.1, 0.15) is 0 Å². The molecule has 0 amide bonds. The van der Waals surface area contributed by atoms with Crippen molar-refractivity contribution in [3.63, 3.8) is 0 Å². The van der Waals surface area contributed by atoms with E-state index in [-0.39, 0.29) is 0 Å². The Hall–Kier alpha value is -0.260. The monoisotopic (exact) mass is 299 g/mol. The van der Waals surface area contributed by atoms with Crippen molar-refractivity contribution in [3.8, 4) is 0 Å². The SMILES string of the molecule is CCNCc1sc(N2CCCSCC2)nc1C(C)C. The Morgan fingerprint density at radius 3 is 2.89 bits per heavy atom. The van der Waals surface area contributed by atoms with Gasteiger partial charge in [-0.3, -0.25) is 0 Å². The van der Waals surface area contributed by atoms with Gasteiger partial charge in [-0.1, -0.05) is 20.8 Å². The second-order valence-electron chi connectivity index (χ2n) is 5.19. The maximum atomic E-state index is 4.92. The third-order valence-corrected chi connectivity index (χ3v) is 5.47. The topological polar surface area (TPSA) is 28.2 Å². The van der Waals surface area contributed by atoms with E-state index in [1.165, 1.54) is 40.2 Å². The molecule has 1 fully saturated rings. The molecule has 0 aromatic carbocycles. The minimum absolute atomic E-state index is 0.514. The molecule has 0 saturated carbocycles. The molecule has 3 nitrogen and oxygen atoms in total. The van der Waals surface area contributed by atoms with Gasteiger partial charge in [0, 0.05) is 30.3 Å². The number of hydrogen-bond donors (Lipinski definition) is 1. The van der Waals surface area contributed by atoms with Gasteiger partial charge < -0.3 is 10.2 Å². The molecule has 0 spiro atoms. The highest BCUT2D eigenvalue weighted by atomic mass is 32.2. The number of thioether (sulfide) groups is 1. The predicted molar refractivity (Wildman–Crippen MR) is 87.7 cm³/mol. The van der Waals surface area contributed by atoms with Gasteiger partial charge in [0.15, 0.2) is 5.13 Å². The van der Waals surface area contributed by atoms with Crippen molar-refractivity contribution in [1.82, 2.24) is 10.3 Å². The molecule has 0 unspecified atom stereocenters. The molecule has 108 valence electrons. The van der Waals surface area contributed by atoms with Crippen LogP contribution in [0.3, 0.4) is 0 Å². The summed E-state index contributed by atoms with van der Waals surface area (Å²) in [6, 6.07) is 0. The number of rotatable bonds is 5. The lowest BCUT2D eigenvalue weighted by Crippen LogP contribution is -2.25. The first-order chi connectivity index (χ1) is 9.22. The van der Waals surface area contributed by atoms with Crippen molar-refractivity contribution in [3.05, 3.63) is 10.6 Å². The van der Waals surface area contributed by atoms with Crippen LogP contribution in [0.2, 0.25) is 0 Å². The standard InChI is InChI=1S/C14H25N3S2/c1-4-15-10-12-13(11(2)3)16-14(19-12)17-6-5-8-18-9-7-17/h11,15H,4-10H2,1-3H3. The van der Waals surface area contributed by atoms with Gasteiger partial charge in [0.25, 0.3) is 0 Å². The molecule has 1 aliphatic heterocycles. The number of aromatic nitrogens is 1. The third-order valence-electron chi connectivity index (χ3n) is 3.29. The highest BCUT2D eigenvalue weighted by Crippen LogP contribution is 2.31. The van der Waals surface area contributed by atoms with Crippen LogP contribution in [0.5, 0.6) is 0 Å². The highest BCUT2D eigenvalue weighted by molar-refractivity contribution is 7.99. The van der Waals surface area contributed by atoms with Gasteiger partial charge in [0.05, 0.1) is 5.69 Å². The number of thiazole rings is 1. The van der Waals surface area contributed by atoms with Crippen molar-refractivity contribution in [1.29, 1.82) is 0 Å². The molecular weight excluding hydrogens is 274 g/mol. The fourth-order valence-electron chi connectivity index (χ4n) is 2.24. The van der Waals surface area contributed by atoms with Crippen LogP contribution in [0.4, 0.5) is 5.13 Å². The molecule has 5 heteroatoms. The molecule has 0 aliphatic carbocycles. The predicted octanol–water partition coefficient (Wildman–Crippen LogP) is 3.32. The molecular formula is C14H25N3S2. The van der Waals surface area contributed by atoms with Crippen LogP contribution < -0.4 is 10.2 Å². The Morgan fingerprint density at radius 2 is 2.16 bits per heavy atom. The molecule has 1 N–H and O–H groups in total. The number of nitrogens with one attached hydrogen (secondary N) is 1. The average molecular weight is 300 g/mol. The molecule has 1 saturated heterocycles. The molecule has 0 bridgehead atoms. The summed E-state index contributed by atoms with van der Waals surface area (Å²) in [5, 5.41) is 4.67. The van der Waals surface area contributed by atoms with E-state index in [9.17, 15) is 0 Å². The number of nitrogens with zero attached hydrogens (tertiary/aromatic N) is 2. The summed E-state index contributed by atoms with van der Waals surface area (Å²) in [6.07, 6.45) is 1.28. The maximum Gasteiger partial charge on any atom is 0.185 e. The summed E-state index contributed by atoms with van der Waals surface area (Å²) in [4.78, 5) is 8.82. The van der Waals surface area contributed by atoms with Crippen LogP contribution in [0.25, 0.3) is 0 Å². The van der Waals surface area contributed by atoms with Gasteiger partial charge in [0.2, 0.25) is 0 Å². The van der Waals surface area contributed by atoms with Crippen LogP contribution in [0, 0.1) is 0 Å². The minimum Gasteiger partial charge on any atom is -0.347 e. The van der Waals surface area contributed by atoms with E-state index in [0.717, 1.165) is 19.6 Å². The van der Waals surface area contributed by atoms with E-state index in [4.69, 9.17) is 4.98 Å². The van der Waals surface area contributed by atoms with Crippen LogP contribution in [0.15, 0.2) is 0 Å². The summed E-state index contributed by atoms with van der Waals surface area (Å²) in [5.74, 6) is 3.04. The van der Waals surface area contributed by atoms with Crippen molar-refractivity contribution in [2.75, 3.05) is 36.0 Å². The summed E-state index contributed by atoms with van der Waals surface area (Å²) in [7, 11) is 0. The van der Waals surface area contributed by atoms with Crippen LogP contribution in [-0.2, 0) is 6.54 Å². The van der Waals surface area contributed by atoms with E-state index in [1.807, 2.05) is 11.3 Å². The van der Waals surface area contributed by atoms with Gasteiger partial charge in [-0.25, -0.2) is 4.98 Å². The Bertz CT molecular complexity index is 382. The molecule has 1 aliphatic rings. The second-order valence-corrected chi connectivity index (χ2v) is 7.48. The lowest BCUT2D eigenvalue weighted by Gasteiger charge is -2.18. The molecule has 2 rings (SSSR count). The van der Waals surface area contributed by atoms with Gasteiger partial charge >= 0.3 is 0 Å². The zero-order valence-electron chi connectivity index (χ0n) is 12.2. The summed E-state index contributed by atoms with van der Waals surface area (Å²) in [6.45, 7) is 10.9. The highest BCUT2D eigenvalue weighted by Gasteiger charge is 2.18. The largest absolute Gasteiger partial charge is 0.347 e. The molecule has 0 atom stereocenters. The molecule has 19 heavy (non-hydrogen) atoms. The summed E-state index contributed by atoms with van der Waals surface area (Å²) >= 11 is 3.95. The Labute approximate surface area is 125 Å². The van der Waals surface area contributed by atoms with E-state index in [1.54, 1.807) is 0 Å². The molecule has 0 radical (unpaired) electrons. The summed E-state index contributed by atoms with van der Waals surface area (Å²) in [5.41, 5.74) is 1.29. The Kier molecular flexibility index (Phi) is 5.98. The van der Waals surface area contributed by atoms with E-state index >= 15 is 0 Å². The minimum atomic E-state index is 0.514. The lowest BCUT2D eigenvalue weighted by molar-refractivity contribution is 0.713. The quantitative estimate of drug-likeness (QED) is 0.903. The van der Waals surface area contributed by atoms with E-state index in [0.29, 0.717) is 5.92 Å². The molecule has 1 aromatic rings. The fraction of sp³-hybridized carbons (Fsp3) is 0.786. The first kappa shape index (κ1) is 15.1. The van der Waals surface area contributed by atoms with Gasteiger partial charge in [-0.05, 0) is 24.6 Å². The molecule has 2 heterocycles. The Balaban J connectivity index is 2.15. The molecule has 1 aromatic heterocycles. The number of anilines is 1. The first-order valence-electron chi connectivity index (χ1n) is 7.25. The van der Waals surface area contributed by atoms with Crippen molar-refractivity contribution in [2.24, 2.45) is 0 Å². The summed E-state index contributed by atoms with van der Waals surface area (Å²) < 4.78 is 0. The average Bonchev–Trinajstić information content (AvgIpc) is 2.63. The van der Waals surface area contributed by atoms with Crippen LogP contribution >= 0.6 is 23.1 Å². The van der Waals surface area contributed by atoms with Crippen LogP contribution in [0.1, 0.15) is 43.7 Å². The number of hydrogen-bond acceptors (Lipinski definition) is 5. The smallest absolute Gasteiger partial charge is 0.185 e. The third kappa shape index (κ3) is 4.10. The van der Waals surface area contributed by atoms with Crippen molar-refractivity contribution < 1.29 is 0 Å². The lowest BCUT2D eigenvalue weighted by atomic mass is 10.1. The zero-order valence-corrected chi connectivity index (χ0v) is 13.9. The van der Waals surface area contributed by atoms with E-state index in [2.05, 4.69) is 42.7 Å². The normalized spacial score (nSPS) is 16.9. The fourth-order valence-corrected chi connectivity index (χ4v) is 4.36. The van der Waals surface area contributed by atoms with Crippen LogP contribution in [-0.4, -0.2) is 36.1 Å². The second kappa shape index (κ2) is 7.50. The zero-order chi connectivity index (χ0) is 13.7. The Morgan fingerprint density at radius 1 is 1.32 bits per heavy atom. The van der Waals surface area contributed by atoms with Gasteiger partial charge in [-0.15, -0.1) is 11.3 Å². The first-order valence-corrected chi connectivity index (χ1v) is 9.22. The van der Waals surface area contributed by atoms with E-state index < -0.39 is 0 Å². The maximum absolute atomic E-state index is 4.92. The van der Waals surface area contributed by atoms with Gasteiger partial charge in [-0.2, -0.15) is 11.8 Å². The van der Waals surface area contributed by atoms with Crippen molar-refractivity contribution in [2.45, 2.75) is 39.7 Å². The van der Waals surface area contributed by atoms with Crippen molar-refractivity contribution >= 4 is 28.2 Å².